The summed E-state index contributed by atoms with van der Waals surface area (Å²) in [5.74, 6) is 1.31. The number of halogens is 3. The minimum absolute atomic E-state index is 0.00645. The lowest BCUT2D eigenvalue weighted by atomic mass is 9.85. The van der Waals surface area contributed by atoms with E-state index < -0.39 is 23.3 Å². The van der Waals surface area contributed by atoms with Crippen molar-refractivity contribution in [3.63, 3.8) is 0 Å². The topological polar surface area (TPSA) is 95.9 Å². The fourth-order valence-corrected chi connectivity index (χ4v) is 9.02. The zero-order valence-electron chi connectivity index (χ0n) is 26.3. The Kier molecular flexibility index (Phi) is 6.81. The number of anilines is 1. The summed E-state index contributed by atoms with van der Waals surface area (Å²) in [7, 11) is 0. The molecule has 0 saturated carbocycles. The van der Waals surface area contributed by atoms with E-state index in [-0.39, 0.29) is 63.8 Å². The lowest BCUT2D eigenvalue weighted by Crippen LogP contribution is -2.67. The number of aromatic hydroxyl groups is 1. The highest BCUT2D eigenvalue weighted by Crippen LogP contribution is 2.44. The number of phenols is 1. The number of alkyl halides is 1. The van der Waals surface area contributed by atoms with Gasteiger partial charge < -0.3 is 24.8 Å². The van der Waals surface area contributed by atoms with Gasteiger partial charge in [-0.2, -0.15) is 9.97 Å². The second-order valence-electron chi connectivity index (χ2n) is 14.1. The third kappa shape index (κ3) is 4.55. The van der Waals surface area contributed by atoms with Crippen LogP contribution in [-0.4, -0.2) is 93.7 Å². The Balaban J connectivity index is 1.19. The number of nitrogens with zero attached hydrogens (tertiary/aromatic N) is 5. The Bertz CT molecular complexity index is 2020. The van der Waals surface area contributed by atoms with Crippen molar-refractivity contribution in [1.82, 2.24) is 25.2 Å². The first kappa shape index (κ1) is 29.9. The molecule has 3 unspecified atom stereocenters. The standard InChI is InChI=1S/C36H35F3N6O3/c1-2-24-27(38)5-4-20-12-23(46)13-25(29(20)24)31-30(39)32-26(15-40-31)33(44-17-22-6-9-36(18-44,43-22)28-7-11-47-28)42-34(41-32)48-19-35-8-3-10-45(35)16-21(37)14-35/h1,4-5,12-13,15,21-22,28,43,46H,3,6-11,14,16-19H2/t21-,22?,28?,35+,36?/m1/s1. The first-order chi connectivity index (χ1) is 23.3. The molecule has 5 atom stereocenters. The number of phenolic OH excluding ortho intramolecular Hbond substituents is 1. The summed E-state index contributed by atoms with van der Waals surface area (Å²) >= 11 is 0. The van der Waals surface area contributed by atoms with Gasteiger partial charge in [0.15, 0.2) is 5.82 Å². The molecule has 4 aromatic rings. The third-order valence-corrected chi connectivity index (χ3v) is 11.3. The van der Waals surface area contributed by atoms with Crippen molar-refractivity contribution in [1.29, 1.82) is 0 Å². The molecule has 2 aromatic carbocycles. The summed E-state index contributed by atoms with van der Waals surface area (Å²) in [6, 6.07) is 5.68. The van der Waals surface area contributed by atoms with Crippen molar-refractivity contribution in [3.8, 4) is 35.4 Å². The fourth-order valence-electron chi connectivity index (χ4n) is 9.02. The summed E-state index contributed by atoms with van der Waals surface area (Å²) in [5.41, 5.74) is -0.774. The maximum absolute atomic E-state index is 17.0. The van der Waals surface area contributed by atoms with E-state index in [9.17, 15) is 13.9 Å². The van der Waals surface area contributed by atoms with Crippen molar-refractivity contribution >= 4 is 27.5 Å². The molecule has 5 saturated heterocycles. The van der Waals surface area contributed by atoms with Crippen LogP contribution in [0.4, 0.5) is 19.0 Å². The van der Waals surface area contributed by atoms with E-state index in [0.717, 1.165) is 45.3 Å². The Morgan fingerprint density at radius 3 is 2.85 bits per heavy atom. The molecule has 5 fully saturated rings. The van der Waals surface area contributed by atoms with E-state index in [1.807, 2.05) is 0 Å². The highest BCUT2D eigenvalue weighted by atomic mass is 19.1. The summed E-state index contributed by atoms with van der Waals surface area (Å²) in [5, 5.41) is 15.5. The minimum Gasteiger partial charge on any atom is -0.508 e. The first-order valence-electron chi connectivity index (χ1n) is 16.7. The summed E-state index contributed by atoms with van der Waals surface area (Å²) in [6.07, 6.45) is 11.4. The molecular formula is C36H35F3N6O3. The van der Waals surface area contributed by atoms with Gasteiger partial charge in [-0.05, 0) is 62.2 Å². The van der Waals surface area contributed by atoms with Crippen LogP contribution in [0.5, 0.6) is 11.8 Å². The maximum atomic E-state index is 17.0. The number of pyridine rings is 1. The smallest absolute Gasteiger partial charge is 0.319 e. The highest BCUT2D eigenvalue weighted by molar-refractivity contribution is 6.03. The molecule has 0 spiro atoms. The van der Waals surface area contributed by atoms with Crippen molar-refractivity contribution < 1.29 is 27.8 Å². The zero-order valence-corrected chi connectivity index (χ0v) is 26.3. The van der Waals surface area contributed by atoms with E-state index in [1.165, 1.54) is 30.5 Å². The van der Waals surface area contributed by atoms with Crippen LogP contribution in [-0.2, 0) is 4.74 Å². The van der Waals surface area contributed by atoms with Gasteiger partial charge >= 0.3 is 6.01 Å². The summed E-state index contributed by atoms with van der Waals surface area (Å²) in [4.78, 5) is 18.3. The number of benzene rings is 2. The summed E-state index contributed by atoms with van der Waals surface area (Å²) in [6.45, 7) is 3.35. The fraction of sp³-hybridized carbons (Fsp3) is 0.472. The van der Waals surface area contributed by atoms with Gasteiger partial charge in [-0.3, -0.25) is 9.88 Å². The van der Waals surface area contributed by atoms with Crippen LogP contribution in [0.25, 0.3) is 32.9 Å². The highest BCUT2D eigenvalue weighted by Gasteiger charge is 2.53. The molecule has 0 aliphatic carbocycles. The largest absolute Gasteiger partial charge is 0.508 e. The van der Waals surface area contributed by atoms with Gasteiger partial charge in [-0.25, -0.2) is 13.2 Å². The molecule has 248 valence electrons. The van der Waals surface area contributed by atoms with Crippen LogP contribution in [0.1, 0.15) is 44.1 Å². The Morgan fingerprint density at radius 1 is 1.17 bits per heavy atom. The quantitative estimate of drug-likeness (QED) is 0.282. The number of terminal acetylenes is 1. The van der Waals surface area contributed by atoms with Gasteiger partial charge in [-0.1, -0.05) is 12.0 Å². The normalized spacial score (nSPS) is 29.7. The molecule has 0 radical (unpaired) electrons. The van der Waals surface area contributed by atoms with Crippen molar-refractivity contribution in [2.75, 3.05) is 44.3 Å². The predicted molar refractivity (Wildman–Crippen MR) is 174 cm³/mol. The number of fused-ring (bicyclic) bond motifs is 5. The molecule has 48 heavy (non-hydrogen) atoms. The van der Waals surface area contributed by atoms with Crippen LogP contribution >= 0.6 is 0 Å². The summed E-state index contributed by atoms with van der Waals surface area (Å²) < 4.78 is 58.7. The molecular weight excluding hydrogens is 621 g/mol. The number of hydrogen-bond acceptors (Lipinski definition) is 9. The monoisotopic (exact) mass is 656 g/mol. The lowest BCUT2D eigenvalue weighted by molar-refractivity contribution is -0.101. The van der Waals surface area contributed by atoms with Crippen LogP contribution in [0.2, 0.25) is 0 Å². The number of hydrogen-bond donors (Lipinski definition) is 2. The molecule has 2 N–H and O–H groups in total. The van der Waals surface area contributed by atoms with Gasteiger partial charge in [0.05, 0.1) is 28.1 Å². The minimum atomic E-state index is -0.927. The third-order valence-electron chi connectivity index (χ3n) is 11.3. The molecule has 9 nitrogen and oxygen atoms in total. The predicted octanol–water partition coefficient (Wildman–Crippen LogP) is 4.87. The SMILES string of the molecule is C#Cc1c(F)ccc2cc(O)cc(-c3ncc4c(N5CC6CCC(C7CCO7)(C5)N6)nc(OC[C@@]56CCCN5C[C@H](F)C6)nc4c3F)c12. The Hall–Kier alpha value is -4.18. The molecule has 9 rings (SSSR count). The molecule has 12 heteroatoms. The van der Waals surface area contributed by atoms with Crippen LogP contribution < -0.4 is 15.0 Å². The average Bonchev–Trinajstić information content (AvgIpc) is 3.67. The van der Waals surface area contributed by atoms with E-state index in [1.54, 1.807) is 0 Å². The van der Waals surface area contributed by atoms with E-state index in [2.05, 4.69) is 31.0 Å². The number of rotatable bonds is 6. The van der Waals surface area contributed by atoms with E-state index in [4.69, 9.17) is 20.9 Å². The van der Waals surface area contributed by atoms with Crippen molar-refractivity contribution in [2.45, 2.75) is 67.9 Å². The molecule has 7 heterocycles. The molecule has 0 amide bonds. The Morgan fingerprint density at radius 2 is 2.04 bits per heavy atom. The molecule has 2 aromatic heterocycles. The average molecular weight is 657 g/mol. The van der Waals surface area contributed by atoms with Gasteiger partial charge in [0, 0.05) is 55.9 Å². The zero-order chi connectivity index (χ0) is 32.8. The molecule has 2 bridgehead atoms. The molecule has 5 aliphatic heterocycles. The second-order valence-corrected chi connectivity index (χ2v) is 14.1. The molecule has 5 aliphatic rings. The van der Waals surface area contributed by atoms with Crippen LogP contribution in [0.15, 0.2) is 30.5 Å². The number of nitrogens with one attached hydrogen (secondary N) is 1. The maximum Gasteiger partial charge on any atom is 0.319 e. The van der Waals surface area contributed by atoms with Gasteiger partial charge in [0.25, 0.3) is 0 Å². The van der Waals surface area contributed by atoms with Crippen LogP contribution in [0, 0.1) is 24.0 Å². The van der Waals surface area contributed by atoms with E-state index >= 15 is 4.39 Å². The van der Waals surface area contributed by atoms with Gasteiger partial charge in [-0.15, -0.1) is 6.42 Å². The van der Waals surface area contributed by atoms with Gasteiger partial charge in [0.2, 0.25) is 0 Å². The van der Waals surface area contributed by atoms with Crippen LogP contribution in [0.3, 0.4) is 0 Å². The van der Waals surface area contributed by atoms with Gasteiger partial charge in [0.1, 0.15) is 41.4 Å². The second kappa shape index (κ2) is 10.9. The number of piperazine rings is 1. The lowest BCUT2D eigenvalue weighted by Gasteiger charge is -2.49. The number of aromatic nitrogens is 3. The Labute approximate surface area is 275 Å². The first-order valence-corrected chi connectivity index (χ1v) is 16.7. The van der Waals surface area contributed by atoms with E-state index in [0.29, 0.717) is 42.6 Å². The van der Waals surface area contributed by atoms with Crippen molar-refractivity contribution in [3.05, 3.63) is 47.7 Å². The number of ether oxygens (including phenoxy) is 2. The van der Waals surface area contributed by atoms with Crippen molar-refractivity contribution in [2.24, 2.45) is 0 Å².